The number of aliphatic hydroxyl groups excluding tert-OH is 1. The number of rotatable bonds is 7. The molecule has 3 atom stereocenters. The summed E-state index contributed by atoms with van der Waals surface area (Å²) in [5, 5.41) is 20.5. The molecule has 0 bridgehead atoms. The lowest BCUT2D eigenvalue weighted by Gasteiger charge is -2.38. The first kappa shape index (κ1) is 30.4. The number of anilines is 3. The number of amides is 5. The van der Waals surface area contributed by atoms with Crippen molar-refractivity contribution in [3.05, 3.63) is 96.6 Å². The Morgan fingerprint density at radius 3 is 2.45 bits per heavy atom. The molecule has 1 heterocycles. The van der Waals surface area contributed by atoms with Crippen LogP contribution in [0.5, 0.6) is 5.75 Å². The van der Waals surface area contributed by atoms with Crippen molar-refractivity contribution in [3.63, 3.8) is 0 Å². The minimum atomic E-state index is -0.463. The average molecular weight is 596 g/mol. The second-order valence-electron chi connectivity index (χ2n) is 11.1. The van der Waals surface area contributed by atoms with Crippen molar-refractivity contribution in [1.82, 2.24) is 9.80 Å². The zero-order valence-electron chi connectivity index (χ0n) is 25.0. The molecule has 0 radical (unpaired) electrons. The second kappa shape index (κ2) is 13.5. The number of carbonyl (C=O) groups excluding carboxylic acids is 3. The van der Waals surface area contributed by atoms with Crippen LogP contribution in [0, 0.1) is 5.92 Å². The molecule has 5 amide bonds. The van der Waals surface area contributed by atoms with Crippen molar-refractivity contribution in [2.75, 3.05) is 42.7 Å². The van der Waals surface area contributed by atoms with Gasteiger partial charge in [-0.2, -0.15) is 0 Å². The molecule has 44 heavy (non-hydrogen) atoms. The van der Waals surface area contributed by atoms with Crippen molar-refractivity contribution in [1.29, 1.82) is 0 Å². The Morgan fingerprint density at radius 2 is 1.68 bits per heavy atom. The van der Waals surface area contributed by atoms with Gasteiger partial charge in [-0.3, -0.25) is 4.79 Å². The maximum Gasteiger partial charge on any atom is 0.323 e. The molecule has 10 heteroatoms. The quantitative estimate of drug-likeness (QED) is 0.213. The summed E-state index contributed by atoms with van der Waals surface area (Å²) in [5.41, 5.74) is 1.99. The van der Waals surface area contributed by atoms with E-state index in [1.54, 1.807) is 42.0 Å². The first-order valence-corrected chi connectivity index (χ1v) is 14.6. The van der Waals surface area contributed by atoms with Gasteiger partial charge < -0.3 is 35.6 Å². The number of aliphatic hydroxyl groups is 1. The summed E-state index contributed by atoms with van der Waals surface area (Å²) in [6.45, 7) is 4.07. The zero-order valence-corrected chi connectivity index (χ0v) is 25.0. The number of hydrogen-bond acceptors (Lipinski definition) is 5. The lowest BCUT2D eigenvalue weighted by molar-refractivity contribution is 0.0371. The highest BCUT2D eigenvalue weighted by atomic mass is 16.5. The van der Waals surface area contributed by atoms with E-state index >= 15 is 0 Å². The Kier molecular flexibility index (Phi) is 9.30. The molecule has 0 saturated carbocycles. The summed E-state index contributed by atoms with van der Waals surface area (Å²) >= 11 is 0. The van der Waals surface area contributed by atoms with Crippen LogP contribution in [0.2, 0.25) is 0 Å². The Balaban J connectivity index is 1.36. The van der Waals surface area contributed by atoms with E-state index in [4.69, 9.17) is 4.74 Å². The third kappa shape index (κ3) is 6.92. The molecule has 1 aliphatic heterocycles. The fourth-order valence-corrected chi connectivity index (χ4v) is 5.23. The SMILES string of the molecule is C[C@H]1CN([C@@H](C)CO)C(=O)c2cc(NC(=O)Nc3cccc4ccccc34)ccc2O[C@@H]1CN(C)C(=O)Nc1ccccc1. The van der Waals surface area contributed by atoms with Gasteiger partial charge in [0.05, 0.1) is 30.4 Å². The van der Waals surface area contributed by atoms with Gasteiger partial charge in [-0.05, 0) is 48.7 Å². The molecule has 0 spiro atoms. The molecule has 228 valence electrons. The van der Waals surface area contributed by atoms with E-state index in [1.807, 2.05) is 79.7 Å². The molecule has 5 rings (SSSR count). The van der Waals surface area contributed by atoms with Gasteiger partial charge in [0.2, 0.25) is 0 Å². The molecule has 4 aromatic rings. The predicted molar refractivity (Wildman–Crippen MR) is 172 cm³/mol. The van der Waals surface area contributed by atoms with Gasteiger partial charge in [-0.15, -0.1) is 0 Å². The van der Waals surface area contributed by atoms with E-state index in [0.29, 0.717) is 29.4 Å². The fraction of sp³-hybridized carbons (Fsp3) is 0.265. The first-order valence-electron chi connectivity index (χ1n) is 14.6. The van der Waals surface area contributed by atoms with Gasteiger partial charge in [0.1, 0.15) is 11.9 Å². The molecule has 0 fully saturated rings. The van der Waals surface area contributed by atoms with E-state index in [2.05, 4.69) is 16.0 Å². The summed E-state index contributed by atoms with van der Waals surface area (Å²) < 4.78 is 6.40. The van der Waals surface area contributed by atoms with Gasteiger partial charge >= 0.3 is 12.1 Å². The summed E-state index contributed by atoms with van der Waals surface area (Å²) in [7, 11) is 1.69. The molecule has 0 saturated heterocycles. The van der Waals surface area contributed by atoms with E-state index in [-0.39, 0.29) is 36.6 Å². The number of nitrogens with one attached hydrogen (secondary N) is 3. The summed E-state index contributed by atoms with van der Waals surface area (Å²) in [5.74, 6) is -0.156. The highest BCUT2D eigenvalue weighted by molar-refractivity contribution is 6.07. The van der Waals surface area contributed by atoms with Gasteiger partial charge in [-0.25, -0.2) is 9.59 Å². The van der Waals surface area contributed by atoms with Crippen LogP contribution in [0.15, 0.2) is 91.0 Å². The van der Waals surface area contributed by atoms with Gasteiger partial charge in [0.15, 0.2) is 0 Å². The molecule has 4 aromatic carbocycles. The van der Waals surface area contributed by atoms with Crippen LogP contribution in [-0.4, -0.2) is 71.8 Å². The van der Waals surface area contributed by atoms with Crippen LogP contribution in [0.1, 0.15) is 24.2 Å². The Hall–Kier alpha value is -5.09. The largest absolute Gasteiger partial charge is 0.487 e. The number of fused-ring (bicyclic) bond motifs is 2. The molecule has 4 N–H and O–H groups in total. The molecule has 0 aromatic heterocycles. The fourth-order valence-electron chi connectivity index (χ4n) is 5.23. The molecule has 0 aliphatic carbocycles. The van der Waals surface area contributed by atoms with E-state index in [0.717, 1.165) is 10.8 Å². The highest BCUT2D eigenvalue weighted by Gasteiger charge is 2.34. The minimum Gasteiger partial charge on any atom is -0.487 e. The Bertz CT molecular complexity index is 1640. The summed E-state index contributed by atoms with van der Waals surface area (Å²) in [6.07, 6.45) is -0.463. The van der Waals surface area contributed by atoms with Crippen molar-refractivity contribution in [3.8, 4) is 5.75 Å². The minimum absolute atomic E-state index is 0.169. The zero-order chi connectivity index (χ0) is 31.2. The Labute approximate surface area is 256 Å². The average Bonchev–Trinajstić information content (AvgIpc) is 3.03. The van der Waals surface area contributed by atoms with Crippen LogP contribution >= 0.6 is 0 Å². The van der Waals surface area contributed by atoms with E-state index in [9.17, 15) is 19.5 Å². The number of hydrogen-bond donors (Lipinski definition) is 4. The molecule has 10 nitrogen and oxygen atoms in total. The van der Waals surface area contributed by atoms with Crippen molar-refractivity contribution < 1.29 is 24.2 Å². The summed E-state index contributed by atoms with van der Waals surface area (Å²) in [4.78, 5) is 42.9. The molecular formula is C34H37N5O5. The van der Waals surface area contributed by atoms with Gasteiger partial charge in [-0.1, -0.05) is 61.5 Å². The standard InChI is InChI=1S/C34H37N5O5/c1-22-19-39(23(2)21-40)32(41)28-18-26(35-33(42)37-29-15-9-11-24-10-7-8-14-27(24)29)16-17-30(28)44-31(22)20-38(3)34(43)36-25-12-5-4-6-13-25/h4-18,22-23,31,40H,19-21H2,1-3H3,(H,36,43)(H2,35,37,42)/t22-,23-,31+/m0/s1. The van der Waals surface area contributed by atoms with Crippen molar-refractivity contribution >= 4 is 45.8 Å². The second-order valence-corrected chi connectivity index (χ2v) is 11.1. The van der Waals surface area contributed by atoms with Crippen molar-refractivity contribution in [2.45, 2.75) is 26.0 Å². The van der Waals surface area contributed by atoms with Gasteiger partial charge in [0, 0.05) is 36.3 Å². The highest BCUT2D eigenvalue weighted by Crippen LogP contribution is 2.31. The van der Waals surface area contributed by atoms with Crippen LogP contribution in [0.4, 0.5) is 26.7 Å². The van der Waals surface area contributed by atoms with Crippen LogP contribution < -0.4 is 20.7 Å². The van der Waals surface area contributed by atoms with Crippen LogP contribution in [-0.2, 0) is 0 Å². The van der Waals surface area contributed by atoms with Crippen LogP contribution in [0.25, 0.3) is 10.8 Å². The number of likely N-dealkylation sites (N-methyl/N-ethyl adjacent to an activating group) is 1. The maximum atomic E-state index is 13.8. The number of benzene rings is 4. The third-order valence-corrected chi connectivity index (χ3v) is 7.79. The monoisotopic (exact) mass is 595 g/mol. The number of para-hydroxylation sites is 1. The normalized spacial score (nSPS) is 17.0. The van der Waals surface area contributed by atoms with Crippen molar-refractivity contribution in [2.24, 2.45) is 5.92 Å². The Morgan fingerprint density at radius 1 is 0.955 bits per heavy atom. The topological polar surface area (TPSA) is 123 Å². The number of nitrogens with zero attached hydrogens (tertiary/aromatic N) is 2. The van der Waals surface area contributed by atoms with Crippen LogP contribution in [0.3, 0.4) is 0 Å². The summed E-state index contributed by atoms with van der Waals surface area (Å²) in [6, 6.07) is 26.3. The predicted octanol–water partition coefficient (Wildman–Crippen LogP) is 5.87. The van der Waals surface area contributed by atoms with Gasteiger partial charge in [0.25, 0.3) is 5.91 Å². The first-order chi connectivity index (χ1) is 21.2. The number of carbonyl (C=O) groups is 3. The molecule has 1 aliphatic rings. The van der Waals surface area contributed by atoms with E-state index < -0.39 is 18.2 Å². The molecular weight excluding hydrogens is 558 g/mol. The number of ether oxygens (including phenoxy) is 1. The van der Waals surface area contributed by atoms with E-state index in [1.165, 1.54) is 0 Å². The third-order valence-electron chi connectivity index (χ3n) is 7.79. The number of urea groups is 2. The smallest absolute Gasteiger partial charge is 0.323 e. The maximum absolute atomic E-state index is 13.8. The lowest BCUT2D eigenvalue weighted by atomic mass is 9.99. The molecule has 0 unspecified atom stereocenters. The lowest BCUT2D eigenvalue weighted by Crippen LogP contribution is -2.50.